The number of amides is 1. The van der Waals surface area contributed by atoms with Gasteiger partial charge in [0.05, 0.1) is 11.3 Å². The Morgan fingerprint density at radius 2 is 1.74 bits per heavy atom. The highest BCUT2D eigenvalue weighted by Crippen LogP contribution is 2.43. The van der Waals surface area contributed by atoms with Gasteiger partial charge in [0, 0.05) is 17.6 Å². The summed E-state index contributed by atoms with van der Waals surface area (Å²) in [6.07, 6.45) is -11.0. The molecule has 0 fully saturated rings. The number of anilines is 1. The largest absolute Gasteiger partial charge is 0.426 e. The number of fused-ring (bicyclic) bond motifs is 5. The predicted octanol–water partition coefficient (Wildman–Crippen LogP) is 5.46. The molecule has 0 saturated carbocycles. The van der Waals surface area contributed by atoms with E-state index in [1.807, 2.05) is 0 Å². The summed E-state index contributed by atoms with van der Waals surface area (Å²) >= 11 is 3.28. The average molecular weight is 608 g/mol. The first-order valence-electron chi connectivity index (χ1n) is 11.3. The molecule has 15 heteroatoms. The molecule has 204 valence electrons. The quantitative estimate of drug-likeness (QED) is 0.371. The predicted molar refractivity (Wildman–Crippen MR) is 124 cm³/mol. The molecule has 38 heavy (non-hydrogen) atoms. The van der Waals surface area contributed by atoms with Gasteiger partial charge in [0.25, 0.3) is 17.7 Å². The Labute approximate surface area is 220 Å². The summed E-state index contributed by atoms with van der Waals surface area (Å²) in [7, 11) is 0. The third-order valence-electron chi connectivity index (χ3n) is 6.05. The monoisotopic (exact) mass is 607 g/mol. The molecule has 3 N–H and O–H groups in total. The lowest BCUT2D eigenvalue weighted by Crippen LogP contribution is -2.42. The van der Waals surface area contributed by atoms with Crippen molar-refractivity contribution >= 4 is 27.5 Å². The Morgan fingerprint density at radius 3 is 2.37 bits per heavy atom. The number of carbonyl (C=O) groups excluding carboxylic acids is 1. The Bertz CT molecular complexity index is 1330. The zero-order chi connectivity index (χ0) is 27.9. The molecular weight excluding hydrogens is 588 g/mol. The molecule has 3 heterocycles. The summed E-state index contributed by atoms with van der Waals surface area (Å²) in [6.45, 7) is -0.182. The summed E-state index contributed by atoms with van der Waals surface area (Å²) in [6, 6.07) is 7.15. The van der Waals surface area contributed by atoms with Crippen LogP contribution in [0.4, 0.5) is 32.0 Å². The van der Waals surface area contributed by atoms with E-state index in [1.54, 1.807) is 24.3 Å². The Balaban J connectivity index is 1.87. The number of carbonyl (C=O) groups is 1. The number of hydrogen-bond donors (Lipinski definition) is 2. The van der Waals surface area contributed by atoms with Crippen LogP contribution in [-0.4, -0.2) is 43.8 Å². The first kappa shape index (κ1) is 27.8. The molecule has 1 aliphatic rings. The Morgan fingerprint density at radius 1 is 1.05 bits per heavy atom. The lowest BCUT2D eigenvalue weighted by atomic mass is 9.95. The van der Waals surface area contributed by atoms with E-state index in [0.29, 0.717) is 11.6 Å². The highest BCUT2D eigenvalue weighted by atomic mass is 79.9. The van der Waals surface area contributed by atoms with Crippen LogP contribution in [0.2, 0.25) is 0 Å². The third kappa shape index (κ3) is 5.48. The standard InChI is InChI=1S/C23H20BrF6N5O3/c24-13-6-4-12(5-7-13)11-35-9-3-1-2-8-21(37,23(28,29)30)20-34-33-18(38-20)17-15(31)10-14(22(25,26)27)16(32-17)19(35)36/h4-7,10,37H,1-3,8-9,11,31H2. The van der Waals surface area contributed by atoms with Gasteiger partial charge in [-0.25, -0.2) is 4.98 Å². The van der Waals surface area contributed by atoms with E-state index in [0.717, 1.165) is 9.37 Å². The number of aliphatic hydroxyl groups is 1. The van der Waals surface area contributed by atoms with E-state index in [-0.39, 0.29) is 32.4 Å². The molecule has 1 aromatic carbocycles. The molecule has 1 aliphatic heterocycles. The van der Waals surface area contributed by atoms with Crippen molar-refractivity contribution in [2.75, 3.05) is 12.3 Å². The molecule has 0 spiro atoms. The van der Waals surface area contributed by atoms with Gasteiger partial charge in [-0.1, -0.05) is 34.5 Å². The van der Waals surface area contributed by atoms with Crippen LogP contribution >= 0.6 is 15.9 Å². The van der Waals surface area contributed by atoms with Crippen molar-refractivity contribution in [3.05, 3.63) is 57.5 Å². The normalized spacial score (nSPS) is 19.4. The van der Waals surface area contributed by atoms with Crippen molar-refractivity contribution in [3.8, 4) is 11.6 Å². The molecule has 8 nitrogen and oxygen atoms in total. The fourth-order valence-electron chi connectivity index (χ4n) is 4.01. The lowest BCUT2D eigenvalue weighted by molar-refractivity contribution is -0.277. The lowest BCUT2D eigenvalue weighted by Gasteiger charge is -2.27. The molecule has 1 amide bonds. The van der Waals surface area contributed by atoms with Crippen LogP contribution in [0, 0.1) is 0 Å². The minimum absolute atomic E-state index is 0.0869. The summed E-state index contributed by atoms with van der Waals surface area (Å²) < 4.78 is 89.1. The van der Waals surface area contributed by atoms with E-state index < -0.39 is 64.7 Å². The maximum atomic E-state index is 13.9. The van der Waals surface area contributed by atoms with Gasteiger partial charge in [-0.3, -0.25) is 4.79 Å². The second kappa shape index (κ2) is 10.2. The zero-order valence-electron chi connectivity index (χ0n) is 19.4. The SMILES string of the molecule is Nc1cc(C(F)(F)F)c2nc1-c1nnc(o1)C(O)(C(F)(F)F)CCCCCN(Cc1ccc(Br)cc1)C2=O. The fourth-order valence-corrected chi connectivity index (χ4v) is 4.27. The van der Waals surface area contributed by atoms with E-state index in [9.17, 15) is 36.2 Å². The number of aromatic nitrogens is 3. The van der Waals surface area contributed by atoms with Gasteiger partial charge in [-0.15, -0.1) is 10.2 Å². The molecule has 0 radical (unpaired) electrons. The maximum absolute atomic E-state index is 13.9. The molecule has 1 unspecified atom stereocenters. The van der Waals surface area contributed by atoms with Gasteiger partial charge in [0.1, 0.15) is 5.69 Å². The molecule has 3 aromatic rings. The highest BCUT2D eigenvalue weighted by Gasteiger charge is 2.58. The van der Waals surface area contributed by atoms with Crippen molar-refractivity contribution in [3.63, 3.8) is 0 Å². The highest BCUT2D eigenvalue weighted by molar-refractivity contribution is 9.10. The van der Waals surface area contributed by atoms with E-state index in [4.69, 9.17) is 10.2 Å². The zero-order valence-corrected chi connectivity index (χ0v) is 21.0. The van der Waals surface area contributed by atoms with Gasteiger partial charge in [-0.2, -0.15) is 26.3 Å². The molecule has 0 aliphatic carbocycles. The topological polar surface area (TPSA) is 118 Å². The van der Waals surface area contributed by atoms with Gasteiger partial charge in [-0.05, 0) is 43.0 Å². The van der Waals surface area contributed by atoms with Crippen LogP contribution in [0.25, 0.3) is 11.6 Å². The number of rotatable bonds is 2. The first-order chi connectivity index (χ1) is 17.7. The van der Waals surface area contributed by atoms with Crippen molar-refractivity contribution in [2.45, 2.75) is 50.2 Å². The van der Waals surface area contributed by atoms with Gasteiger partial charge >= 0.3 is 12.4 Å². The summed E-state index contributed by atoms with van der Waals surface area (Å²) in [4.78, 5) is 18.4. The number of nitrogen functional groups attached to an aromatic ring is 1. The molecular formula is C23H20BrF6N5O3. The van der Waals surface area contributed by atoms with Crippen molar-refractivity contribution in [1.29, 1.82) is 0 Å². The minimum atomic E-state index is -5.19. The van der Waals surface area contributed by atoms with Gasteiger partial charge < -0.3 is 20.2 Å². The number of pyridine rings is 1. The Hall–Kier alpha value is -3.20. The van der Waals surface area contributed by atoms with E-state index in [2.05, 4.69) is 31.1 Å². The van der Waals surface area contributed by atoms with Crippen LogP contribution in [-0.2, 0) is 18.3 Å². The van der Waals surface area contributed by atoms with Gasteiger partial charge in [0.15, 0.2) is 5.69 Å². The average Bonchev–Trinajstić information content (AvgIpc) is 3.32. The van der Waals surface area contributed by atoms with Crippen LogP contribution in [0.1, 0.15) is 53.2 Å². The number of nitrogens with zero attached hydrogens (tertiary/aromatic N) is 4. The first-order valence-corrected chi connectivity index (χ1v) is 12.0. The van der Waals surface area contributed by atoms with Crippen LogP contribution in [0.15, 0.2) is 39.2 Å². The second-order valence-electron chi connectivity index (χ2n) is 8.75. The number of alkyl halides is 6. The molecule has 2 aromatic heterocycles. The number of halogens is 7. The number of benzene rings is 1. The van der Waals surface area contributed by atoms with Crippen LogP contribution < -0.4 is 5.73 Å². The van der Waals surface area contributed by atoms with Crippen molar-refractivity contribution in [1.82, 2.24) is 20.1 Å². The van der Waals surface area contributed by atoms with Gasteiger partial charge in [0.2, 0.25) is 5.60 Å². The van der Waals surface area contributed by atoms with Crippen LogP contribution in [0.3, 0.4) is 0 Å². The minimum Gasteiger partial charge on any atom is -0.416 e. The molecule has 4 rings (SSSR count). The number of nitrogens with two attached hydrogens (primary N) is 1. The smallest absolute Gasteiger partial charge is 0.416 e. The van der Waals surface area contributed by atoms with E-state index >= 15 is 0 Å². The van der Waals surface area contributed by atoms with Crippen molar-refractivity contribution in [2.24, 2.45) is 0 Å². The summed E-state index contributed by atoms with van der Waals surface area (Å²) in [5.74, 6) is -3.05. The number of hydrogen-bond acceptors (Lipinski definition) is 7. The molecule has 1 atom stereocenters. The Kier molecular flexibility index (Phi) is 7.45. The summed E-state index contributed by atoms with van der Waals surface area (Å²) in [5.41, 5.74) is -0.904. The second-order valence-corrected chi connectivity index (χ2v) is 9.67. The maximum Gasteiger partial charge on any atom is 0.426 e. The van der Waals surface area contributed by atoms with Crippen molar-refractivity contribution < 1.29 is 40.7 Å². The molecule has 0 saturated heterocycles. The van der Waals surface area contributed by atoms with E-state index in [1.165, 1.54) is 0 Å². The summed E-state index contributed by atoms with van der Waals surface area (Å²) in [5, 5.41) is 17.2. The molecule has 4 bridgehead atoms. The fraction of sp³-hybridized carbons (Fsp3) is 0.391. The third-order valence-corrected chi connectivity index (χ3v) is 6.58. The van der Waals surface area contributed by atoms with Crippen LogP contribution in [0.5, 0.6) is 0 Å².